The van der Waals surface area contributed by atoms with E-state index < -0.39 is 0 Å². The molecule has 1 heterocycles. The van der Waals surface area contributed by atoms with E-state index in [1.54, 1.807) is 0 Å². The molecule has 26 heavy (non-hydrogen) atoms. The van der Waals surface area contributed by atoms with Gasteiger partial charge < -0.3 is 9.64 Å². The maximum atomic E-state index is 12.0. The van der Waals surface area contributed by atoms with Gasteiger partial charge in [-0.1, -0.05) is 26.8 Å². The number of carbonyl (C=O) groups excluding carboxylic acids is 1. The van der Waals surface area contributed by atoms with E-state index in [0.29, 0.717) is 11.8 Å². The Hall–Kier alpha value is -1.40. The molecule has 0 aliphatic carbocycles. The Morgan fingerprint density at radius 3 is 2.50 bits per heavy atom. The van der Waals surface area contributed by atoms with Crippen molar-refractivity contribution < 1.29 is 9.53 Å². The summed E-state index contributed by atoms with van der Waals surface area (Å²) in [6.45, 7) is 12.8. The van der Waals surface area contributed by atoms with E-state index in [4.69, 9.17) is 4.74 Å². The lowest BCUT2D eigenvalue weighted by Gasteiger charge is -2.30. The van der Waals surface area contributed by atoms with Gasteiger partial charge in [-0.15, -0.1) is 0 Å². The Labute approximate surface area is 165 Å². The van der Waals surface area contributed by atoms with Crippen LogP contribution in [0, 0.1) is 0 Å². The Kier molecular flexibility index (Phi) is 7.24. The fourth-order valence-electron chi connectivity index (χ4n) is 2.81. The lowest BCUT2D eigenvalue weighted by molar-refractivity contribution is -0.123. The number of likely N-dealkylation sites (tertiary alicyclic amines) is 1. The second kappa shape index (κ2) is 9.00. The predicted molar refractivity (Wildman–Crippen MR) is 110 cm³/mol. The highest BCUT2D eigenvalue weighted by Crippen LogP contribution is 2.31. The van der Waals surface area contributed by atoms with Gasteiger partial charge in [-0.05, 0) is 52.9 Å². The first-order valence-electron chi connectivity index (χ1n) is 9.18. The smallest absolute Gasteiger partial charge is 0.277 e. The number of halogens is 1. The molecule has 0 unspecified atom stereocenters. The van der Waals surface area contributed by atoms with Crippen molar-refractivity contribution in [3.63, 3.8) is 0 Å². The Morgan fingerprint density at radius 1 is 1.31 bits per heavy atom. The second-order valence-electron chi connectivity index (χ2n) is 8.03. The Morgan fingerprint density at radius 2 is 1.96 bits per heavy atom. The quantitative estimate of drug-likeness (QED) is 0.725. The summed E-state index contributed by atoms with van der Waals surface area (Å²) < 4.78 is 6.47. The summed E-state index contributed by atoms with van der Waals surface area (Å²) in [5, 5.41) is 4.26. The van der Waals surface area contributed by atoms with Crippen LogP contribution in [0.5, 0.6) is 5.75 Å². The Balaban J connectivity index is 1.81. The first kappa shape index (κ1) is 20.9. The van der Waals surface area contributed by atoms with Crippen LogP contribution in [0.3, 0.4) is 0 Å². The summed E-state index contributed by atoms with van der Waals surface area (Å²) >= 11 is 3.52. The van der Waals surface area contributed by atoms with Crippen LogP contribution in [0.25, 0.3) is 0 Å². The van der Waals surface area contributed by atoms with Crippen molar-refractivity contribution in [2.75, 3.05) is 19.7 Å². The maximum absolute atomic E-state index is 12.0. The average molecular weight is 424 g/mol. The number of hydrazone groups is 1. The number of hydrogen-bond acceptors (Lipinski definition) is 4. The zero-order valence-corrected chi connectivity index (χ0v) is 18.0. The zero-order valence-electron chi connectivity index (χ0n) is 16.4. The van der Waals surface area contributed by atoms with Crippen molar-refractivity contribution >= 4 is 27.5 Å². The van der Waals surface area contributed by atoms with Crippen molar-refractivity contribution in [3.8, 4) is 5.75 Å². The van der Waals surface area contributed by atoms with Gasteiger partial charge in [0.15, 0.2) is 6.61 Å². The zero-order chi connectivity index (χ0) is 19.3. The number of benzene rings is 1. The normalized spacial score (nSPS) is 15.9. The minimum atomic E-state index is -0.240. The van der Waals surface area contributed by atoms with Crippen LogP contribution in [0.4, 0.5) is 0 Å². The number of amides is 1. The average Bonchev–Trinajstić information content (AvgIpc) is 2.58. The molecule has 0 spiro atoms. The molecular formula is C20H30BrN3O2. The molecule has 144 valence electrons. The van der Waals surface area contributed by atoms with Gasteiger partial charge in [0.2, 0.25) is 0 Å². The number of piperidine rings is 1. The lowest BCUT2D eigenvalue weighted by atomic mass is 9.87. The van der Waals surface area contributed by atoms with Crippen molar-refractivity contribution in [3.05, 3.63) is 28.2 Å². The predicted octanol–water partition coefficient (Wildman–Crippen LogP) is 4.10. The molecule has 1 aromatic carbocycles. The third kappa shape index (κ3) is 6.09. The Bertz CT molecular complexity index is 656. The van der Waals surface area contributed by atoms with Crippen molar-refractivity contribution in [1.29, 1.82) is 0 Å². The standard InChI is InChI=1S/C20H30BrN3O2/c1-14(2)24-10-8-16(9-11-24)22-23-19(25)13-26-18-7-6-15(12-17(18)21)20(3,4)5/h6-7,12,14H,8-11,13H2,1-5H3,(H,23,25). The number of nitrogens with zero attached hydrogens (tertiary/aromatic N) is 2. The third-order valence-electron chi connectivity index (χ3n) is 4.60. The molecule has 1 N–H and O–H groups in total. The van der Waals surface area contributed by atoms with E-state index in [1.165, 1.54) is 5.56 Å². The molecule has 1 saturated heterocycles. The summed E-state index contributed by atoms with van der Waals surface area (Å²) in [5.41, 5.74) is 4.94. The summed E-state index contributed by atoms with van der Waals surface area (Å²) in [6.07, 6.45) is 1.80. The molecule has 1 aliphatic rings. The molecule has 0 bridgehead atoms. The molecule has 1 amide bonds. The fraction of sp³-hybridized carbons (Fsp3) is 0.600. The minimum absolute atomic E-state index is 0.0532. The largest absolute Gasteiger partial charge is 0.483 e. The van der Waals surface area contributed by atoms with Crippen molar-refractivity contribution in [2.24, 2.45) is 5.10 Å². The van der Waals surface area contributed by atoms with E-state index in [0.717, 1.165) is 36.1 Å². The molecular weight excluding hydrogens is 394 g/mol. The van der Waals surface area contributed by atoms with Crippen LogP contribution < -0.4 is 10.2 Å². The van der Waals surface area contributed by atoms with Crippen LogP contribution in [-0.2, 0) is 10.2 Å². The third-order valence-corrected chi connectivity index (χ3v) is 5.22. The first-order valence-corrected chi connectivity index (χ1v) is 9.97. The van der Waals surface area contributed by atoms with Gasteiger partial charge in [0.05, 0.1) is 4.47 Å². The fourth-order valence-corrected chi connectivity index (χ4v) is 3.30. The molecule has 5 nitrogen and oxygen atoms in total. The van der Waals surface area contributed by atoms with Gasteiger partial charge in [0, 0.05) is 37.7 Å². The molecule has 0 radical (unpaired) electrons. The molecule has 0 saturated carbocycles. The monoisotopic (exact) mass is 423 g/mol. The van der Waals surface area contributed by atoms with Crippen molar-refractivity contribution in [1.82, 2.24) is 10.3 Å². The van der Waals surface area contributed by atoms with Crippen molar-refractivity contribution in [2.45, 2.75) is 58.9 Å². The maximum Gasteiger partial charge on any atom is 0.277 e. The van der Waals surface area contributed by atoms with Gasteiger partial charge in [-0.3, -0.25) is 4.79 Å². The molecule has 1 aliphatic heterocycles. The van der Waals surface area contributed by atoms with E-state index in [-0.39, 0.29) is 17.9 Å². The topological polar surface area (TPSA) is 53.9 Å². The van der Waals surface area contributed by atoms with Gasteiger partial charge >= 0.3 is 0 Å². The van der Waals surface area contributed by atoms with Crippen LogP contribution in [0.2, 0.25) is 0 Å². The van der Waals surface area contributed by atoms with E-state index in [9.17, 15) is 4.79 Å². The number of carbonyl (C=O) groups is 1. The first-order chi connectivity index (χ1) is 12.2. The van der Waals surface area contributed by atoms with Crippen LogP contribution >= 0.6 is 15.9 Å². The van der Waals surface area contributed by atoms with E-state index >= 15 is 0 Å². The van der Waals surface area contributed by atoms with Crippen LogP contribution in [0.1, 0.15) is 53.0 Å². The summed E-state index contributed by atoms with van der Waals surface area (Å²) in [5.74, 6) is 0.418. The molecule has 1 aromatic rings. The van der Waals surface area contributed by atoms with Gasteiger partial charge in [-0.25, -0.2) is 5.43 Å². The number of hydrogen-bond donors (Lipinski definition) is 1. The molecule has 0 aromatic heterocycles. The summed E-state index contributed by atoms with van der Waals surface area (Å²) in [6, 6.07) is 6.52. The second-order valence-corrected chi connectivity index (χ2v) is 8.88. The van der Waals surface area contributed by atoms with Gasteiger partial charge in [0.25, 0.3) is 5.91 Å². The molecule has 0 atom stereocenters. The highest BCUT2D eigenvalue weighted by Gasteiger charge is 2.18. The number of rotatable bonds is 5. The van der Waals surface area contributed by atoms with Gasteiger partial charge in [0.1, 0.15) is 5.75 Å². The molecule has 1 fully saturated rings. The van der Waals surface area contributed by atoms with E-state index in [1.807, 2.05) is 18.2 Å². The molecule has 6 heteroatoms. The lowest BCUT2D eigenvalue weighted by Crippen LogP contribution is -2.39. The summed E-state index contributed by atoms with van der Waals surface area (Å²) in [7, 11) is 0. The summed E-state index contributed by atoms with van der Waals surface area (Å²) in [4.78, 5) is 14.4. The van der Waals surface area contributed by atoms with E-state index in [2.05, 4.69) is 66.0 Å². The highest BCUT2D eigenvalue weighted by atomic mass is 79.9. The van der Waals surface area contributed by atoms with Crippen LogP contribution in [0.15, 0.2) is 27.8 Å². The number of ether oxygens (including phenoxy) is 1. The SMILES string of the molecule is CC(C)N1CCC(=NNC(=O)COc2ccc(C(C)(C)C)cc2Br)CC1. The minimum Gasteiger partial charge on any atom is -0.483 e. The number of nitrogens with one attached hydrogen (secondary N) is 1. The highest BCUT2D eigenvalue weighted by molar-refractivity contribution is 9.10. The molecule has 2 rings (SSSR count). The van der Waals surface area contributed by atoms with Gasteiger partial charge in [-0.2, -0.15) is 5.10 Å². The van der Waals surface area contributed by atoms with Crippen LogP contribution in [-0.4, -0.2) is 42.3 Å².